The van der Waals surface area contributed by atoms with Crippen molar-refractivity contribution in [1.29, 1.82) is 0 Å². The lowest BCUT2D eigenvalue weighted by molar-refractivity contribution is -0.115. The summed E-state index contributed by atoms with van der Waals surface area (Å²) in [5.74, 6) is -0.144. The van der Waals surface area contributed by atoms with Crippen LogP contribution in [-0.2, 0) is 4.79 Å². The van der Waals surface area contributed by atoms with Crippen LogP contribution < -0.4 is 5.32 Å². The number of hydrogen-bond acceptors (Lipinski definition) is 3. The molecule has 0 aliphatic carbocycles. The Kier molecular flexibility index (Phi) is 4.90. The van der Waals surface area contributed by atoms with Crippen molar-refractivity contribution in [1.82, 2.24) is 5.32 Å². The number of aliphatic imine (C=N–C) groups is 1. The highest BCUT2D eigenvalue weighted by Gasteiger charge is 2.23. The van der Waals surface area contributed by atoms with Crippen LogP contribution in [-0.4, -0.2) is 11.1 Å². The van der Waals surface area contributed by atoms with Gasteiger partial charge in [-0.15, -0.1) is 0 Å². The molecule has 0 bridgehead atoms. The molecule has 3 nitrogen and oxygen atoms in total. The van der Waals surface area contributed by atoms with Crippen LogP contribution in [0.15, 0.2) is 56.8 Å². The number of aryl methyl sites for hydroxylation is 1. The van der Waals surface area contributed by atoms with Crippen molar-refractivity contribution in [3.8, 4) is 0 Å². The molecule has 3 rings (SSSR count). The van der Waals surface area contributed by atoms with Crippen LogP contribution in [0.5, 0.6) is 0 Å². The Labute approximate surface area is 152 Å². The number of halogens is 2. The molecule has 1 saturated heterocycles. The maximum Gasteiger partial charge on any atom is 0.264 e. The molecule has 1 amide bonds. The van der Waals surface area contributed by atoms with Gasteiger partial charge >= 0.3 is 0 Å². The van der Waals surface area contributed by atoms with Gasteiger partial charge in [0, 0.05) is 9.50 Å². The molecular formula is C17H12BrClN2OS. The standard InChI is InChI=1S/C17H12BrClN2OS/c1-10-2-7-13(9-14(10)19)20-17-21-16(22)15(23-17)8-11-3-5-12(18)6-4-11/h2-9H,1H3,(H,20,21,22)/b15-8-. The van der Waals surface area contributed by atoms with E-state index >= 15 is 0 Å². The number of amides is 1. The van der Waals surface area contributed by atoms with Crippen molar-refractivity contribution in [2.75, 3.05) is 0 Å². The SMILES string of the molecule is Cc1ccc(N=C2NC(=O)/C(=C/c3ccc(Br)cc3)S2)cc1Cl. The van der Waals surface area contributed by atoms with Crippen LogP contribution in [0.1, 0.15) is 11.1 Å². The number of carbonyl (C=O) groups excluding carboxylic acids is 1. The molecule has 2 aromatic carbocycles. The van der Waals surface area contributed by atoms with Crippen molar-refractivity contribution >= 4 is 62.1 Å². The highest BCUT2D eigenvalue weighted by atomic mass is 79.9. The van der Waals surface area contributed by atoms with Crippen LogP contribution in [0.2, 0.25) is 5.02 Å². The molecule has 0 aromatic heterocycles. The molecule has 0 radical (unpaired) electrons. The van der Waals surface area contributed by atoms with Crippen LogP contribution in [0, 0.1) is 6.92 Å². The number of carbonyl (C=O) groups is 1. The highest BCUT2D eigenvalue weighted by molar-refractivity contribution is 9.10. The Morgan fingerprint density at radius 1 is 1.22 bits per heavy atom. The number of nitrogens with zero attached hydrogens (tertiary/aromatic N) is 1. The summed E-state index contributed by atoms with van der Waals surface area (Å²) in [6.07, 6.45) is 1.84. The van der Waals surface area contributed by atoms with Gasteiger partial charge < -0.3 is 5.32 Å². The molecule has 2 aromatic rings. The van der Waals surface area contributed by atoms with E-state index in [0.717, 1.165) is 15.6 Å². The van der Waals surface area contributed by atoms with Gasteiger partial charge in [-0.1, -0.05) is 45.7 Å². The van der Waals surface area contributed by atoms with Crippen LogP contribution in [0.25, 0.3) is 6.08 Å². The summed E-state index contributed by atoms with van der Waals surface area (Å²) in [6.45, 7) is 1.93. The molecule has 1 aliphatic heterocycles. The number of nitrogens with one attached hydrogen (secondary N) is 1. The zero-order valence-corrected chi connectivity index (χ0v) is 15.3. The molecule has 1 fully saturated rings. The van der Waals surface area contributed by atoms with E-state index in [1.54, 1.807) is 6.07 Å². The second-order valence-corrected chi connectivity index (χ2v) is 7.32. The van der Waals surface area contributed by atoms with Gasteiger partial charge in [0.05, 0.1) is 10.6 Å². The maximum atomic E-state index is 12.1. The highest BCUT2D eigenvalue weighted by Crippen LogP contribution is 2.29. The van der Waals surface area contributed by atoms with Crippen molar-refractivity contribution in [3.05, 3.63) is 68.0 Å². The van der Waals surface area contributed by atoms with Gasteiger partial charge in [0.25, 0.3) is 5.91 Å². The summed E-state index contributed by atoms with van der Waals surface area (Å²) in [6, 6.07) is 13.3. The first-order valence-electron chi connectivity index (χ1n) is 6.82. The van der Waals surface area contributed by atoms with Crippen molar-refractivity contribution in [3.63, 3.8) is 0 Å². The van der Waals surface area contributed by atoms with Gasteiger partial charge in [-0.25, -0.2) is 4.99 Å². The molecule has 0 spiro atoms. The monoisotopic (exact) mass is 406 g/mol. The second kappa shape index (κ2) is 6.91. The van der Waals surface area contributed by atoms with Gasteiger partial charge in [0.1, 0.15) is 0 Å². The maximum absolute atomic E-state index is 12.1. The average Bonchev–Trinajstić information content (AvgIpc) is 2.85. The molecular weight excluding hydrogens is 396 g/mol. The minimum absolute atomic E-state index is 0.144. The van der Waals surface area contributed by atoms with Gasteiger partial charge in [-0.2, -0.15) is 0 Å². The van der Waals surface area contributed by atoms with Crippen LogP contribution >= 0.6 is 39.3 Å². The molecule has 23 heavy (non-hydrogen) atoms. The first kappa shape index (κ1) is 16.3. The number of amidine groups is 1. The van der Waals surface area contributed by atoms with Gasteiger partial charge in [-0.05, 0) is 60.2 Å². The second-order valence-electron chi connectivity index (χ2n) is 4.97. The Balaban J connectivity index is 1.82. The molecule has 1 heterocycles. The zero-order valence-electron chi connectivity index (χ0n) is 12.1. The van der Waals surface area contributed by atoms with E-state index in [-0.39, 0.29) is 5.91 Å². The quantitative estimate of drug-likeness (QED) is 0.686. The van der Waals surface area contributed by atoms with Crippen LogP contribution in [0.4, 0.5) is 5.69 Å². The normalized spacial score (nSPS) is 17.8. The van der Waals surface area contributed by atoms with E-state index in [0.29, 0.717) is 20.8 Å². The summed E-state index contributed by atoms with van der Waals surface area (Å²) in [7, 11) is 0. The van der Waals surface area contributed by atoms with E-state index in [9.17, 15) is 4.79 Å². The lowest BCUT2D eigenvalue weighted by atomic mass is 10.2. The van der Waals surface area contributed by atoms with E-state index in [2.05, 4.69) is 26.2 Å². The third-order valence-corrected chi connectivity index (χ3v) is 5.05. The Morgan fingerprint density at radius 2 is 1.96 bits per heavy atom. The smallest absolute Gasteiger partial charge is 0.264 e. The predicted octanol–water partition coefficient (Wildman–Crippen LogP) is 5.30. The third-order valence-electron chi connectivity index (χ3n) is 3.20. The van der Waals surface area contributed by atoms with E-state index < -0.39 is 0 Å². The fraction of sp³-hybridized carbons (Fsp3) is 0.0588. The molecule has 1 N–H and O–H groups in total. The van der Waals surface area contributed by atoms with Crippen molar-refractivity contribution in [2.45, 2.75) is 6.92 Å². The topological polar surface area (TPSA) is 41.5 Å². The Bertz CT molecular complexity index is 831. The lowest BCUT2D eigenvalue weighted by Crippen LogP contribution is -2.19. The first-order valence-corrected chi connectivity index (χ1v) is 8.81. The van der Waals surface area contributed by atoms with E-state index in [4.69, 9.17) is 11.6 Å². The summed E-state index contributed by atoms with van der Waals surface area (Å²) in [5, 5.41) is 3.98. The fourth-order valence-corrected chi connectivity index (χ4v) is 3.24. The molecule has 0 unspecified atom stereocenters. The predicted molar refractivity (Wildman–Crippen MR) is 101 cm³/mol. The zero-order chi connectivity index (χ0) is 16.4. The van der Waals surface area contributed by atoms with E-state index in [1.165, 1.54) is 11.8 Å². The van der Waals surface area contributed by atoms with Gasteiger partial charge in [-0.3, -0.25) is 4.79 Å². The summed E-state index contributed by atoms with van der Waals surface area (Å²) in [4.78, 5) is 17.1. The number of benzene rings is 2. The summed E-state index contributed by atoms with van der Waals surface area (Å²) >= 11 is 10.8. The third kappa shape index (κ3) is 4.05. The molecule has 6 heteroatoms. The Morgan fingerprint density at radius 3 is 2.65 bits per heavy atom. The summed E-state index contributed by atoms with van der Waals surface area (Å²) < 4.78 is 1.00. The largest absolute Gasteiger partial charge is 0.300 e. The average molecular weight is 408 g/mol. The van der Waals surface area contributed by atoms with Crippen LogP contribution in [0.3, 0.4) is 0 Å². The minimum Gasteiger partial charge on any atom is -0.300 e. The van der Waals surface area contributed by atoms with Gasteiger partial charge in [0.15, 0.2) is 5.17 Å². The molecule has 0 atom stereocenters. The molecule has 0 saturated carbocycles. The summed E-state index contributed by atoms with van der Waals surface area (Å²) in [5.41, 5.74) is 2.67. The molecule has 116 valence electrons. The molecule has 1 aliphatic rings. The minimum atomic E-state index is -0.144. The van der Waals surface area contributed by atoms with Gasteiger partial charge in [0.2, 0.25) is 0 Å². The Hall–Kier alpha value is -1.56. The van der Waals surface area contributed by atoms with Crippen molar-refractivity contribution in [2.24, 2.45) is 4.99 Å². The number of rotatable bonds is 2. The number of thioether (sulfide) groups is 1. The number of hydrogen-bond donors (Lipinski definition) is 1. The fourth-order valence-electron chi connectivity index (χ4n) is 1.96. The lowest BCUT2D eigenvalue weighted by Gasteiger charge is -2.00. The van der Waals surface area contributed by atoms with E-state index in [1.807, 2.05) is 49.4 Å². The van der Waals surface area contributed by atoms with Crippen molar-refractivity contribution < 1.29 is 4.79 Å². The first-order chi connectivity index (χ1) is 11.0.